The maximum Gasteiger partial charge on any atom is 0.401 e. The highest BCUT2D eigenvalue weighted by Crippen LogP contribution is 2.36. The van der Waals surface area contributed by atoms with Gasteiger partial charge in [-0.2, -0.15) is 13.2 Å². The number of halogens is 3. The average molecular weight is 222 g/mol. The molecule has 2 unspecified atom stereocenters. The van der Waals surface area contributed by atoms with Gasteiger partial charge in [-0.05, 0) is 12.8 Å². The van der Waals surface area contributed by atoms with Gasteiger partial charge in [-0.15, -0.1) is 0 Å². The fraction of sp³-hybridized carbons (Fsp3) is 0.889. The van der Waals surface area contributed by atoms with E-state index in [1.54, 1.807) is 0 Å². The molecular weight excluding hydrogens is 209 g/mol. The van der Waals surface area contributed by atoms with Gasteiger partial charge < -0.3 is 5.21 Å². The van der Waals surface area contributed by atoms with Gasteiger partial charge in [0, 0.05) is 24.9 Å². The summed E-state index contributed by atoms with van der Waals surface area (Å²) in [6, 6.07) is -0.174. The lowest BCUT2D eigenvalue weighted by Crippen LogP contribution is -2.47. The van der Waals surface area contributed by atoms with Gasteiger partial charge in [-0.1, -0.05) is 5.16 Å². The average Bonchev–Trinajstić information content (AvgIpc) is 2.37. The Labute approximate surface area is 85.5 Å². The van der Waals surface area contributed by atoms with Gasteiger partial charge in [-0.3, -0.25) is 4.90 Å². The van der Waals surface area contributed by atoms with Gasteiger partial charge >= 0.3 is 6.18 Å². The molecule has 1 N–H and O–H groups in total. The van der Waals surface area contributed by atoms with E-state index in [1.807, 2.05) is 0 Å². The Morgan fingerprint density at radius 2 is 1.80 bits per heavy atom. The van der Waals surface area contributed by atoms with Crippen LogP contribution in [0.5, 0.6) is 0 Å². The Balaban J connectivity index is 2.05. The van der Waals surface area contributed by atoms with Crippen LogP contribution in [0.15, 0.2) is 5.16 Å². The van der Waals surface area contributed by atoms with Crippen LogP contribution in [0.1, 0.15) is 25.7 Å². The second-order valence-electron chi connectivity index (χ2n) is 4.25. The summed E-state index contributed by atoms with van der Waals surface area (Å²) in [5, 5.41) is 11.7. The Bertz CT molecular complexity index is 261. The van der Waals surface area contributed by atoms with Crippen LogP contribution in [0, 0.1) is 0 Å². The minimum atomic E-state index is -4.13. The summed E-state index contributed by atoms with van der Waals surface area (Å²) in [5.41, 5.74) is 0.640. The number of oxime groups is 1. The van der Waals surface area contributed by atoms with E-state index in [1.165, 1.54) is 4.90 Å². The van der Waals surface area contributed by atoms with Crippen LogP contribution in [0.25, 0.3) is 0 Å². The van der Waals surface area contributed by atoms with Gasteiger partial charge in [0.05, 0.1) is 12.3 Å². The lowest BCUT2D eigenvalue weighted by molar-refractivity contribution is -0.152. The number of hydrogen-bond acceptors (Lipinski definition) is 3. The number of hydrogen-bond donors (Lipinski definition) is 1. The smallest absolute Gasteiger partial charge is 0.401 e. The van der Waals surface area contributed by atoms with Crippen LogP contribution in [0.4, 0.5) is 13.2 Å². The number of rotatable bonds is 1. The van der Waals surface area contributed by atoms with Crippen molar-refractivity contribution in [1.82, 2.24) is 4.90 Å². The standard InChI is InChI=1S/C9H13F3N2O/c10-9(11,12)5-14-7-1-2-8(14)4-6(3-7)13-15/h7-8,15H,1-5H2. The van der Waals surface area contributed by atoms with Crippen molar-refractivity contribution in [3.05, 3.63) is 0 Å². The van der Waals surface area contributed by atoms with E-state index in [0.717, 1.165) is 12.8 Å². The molecule has 0 saturated carbocycles. The SMILES string of the molecule is ON=C1CC2CCC(C1)N2CC(F)(F)F. The molecule has 0 amide bonds. The molecule has 86 valence electrons. The Hall–Kier alpha value is -0.780. The number of alkyl halides is 3. The van der Waals surface area contributed by atoms with E-state index < -0.39 is 12.7 Å². The van der Waals surface area contributed by atoms with Gasteiger partial charge in [0.25, 0.3) is 0 Å². The molecule has 3 nitrogen and oxygen atoms in total. The second kappa shape index (κ2) is 3.66. The predicted molar refractivity (Wildman–Crippen MR) is 48.0 cm³/mol. The molecule has 0 aliphatic carbocycles. The molecule has 2 atom stereocenters. The lowest BCUT2D eigenvalue weighted by Gasteiger charge is -2.35. The summed E-state index contributed by atoms with van der Waals surface area (Å²) in [7, 11) is 0. The van der Waals surface area contributed by atoms with Crippen molar-refractivity contribution in [3.63, 3.8) is 0 Å². The van der Waals surface area contributed by atoms with E-state index in [2.05, 4.69) is 5.16 Å². The summed E-state index contributed by atoms with van der Waals surface area (Å²) in [5.74, 6) is 0. The number of piperidine rings is 1. The van der Waals surface area contributed by atoms with Crippen molar-refractivity contribution < 1.29 is 18.4 Å². The summed E-state index contributed by atoms with van der Waals surface area (Å²) in [6.45, 7) is -0.832. The highest BCUT2D eigenvalue weighted by Gasteiger charge is 2.44. The van der Waals surface area contributed by atoms with Gasteiger partial charge in [-0.25, -0.2) is 0 Å². The normalized spacial score (nSPS) is 32.1. The maximum absolute atomic E-state index is 12.3. The van der Waals surface area contributed by atoms with Gasteiger partial charge in [0.1, 0.15) is 0 Å². The molecule has 15 heavy (non-hydrogen) atoms. The first-order valence-electron chi connectivity index (χ1n) is 5.02. The highest BCUT2D eigenvalue weighted by atomic mass is 19.4. The van der Waals surface area contributed by atoms with Crippen LogP contribution < -0.4 is 0 Å². The molecule has 0 radical (unpaired) electrons. The third-order valence-corrected chi connectivity index (χ3v) is 3.22. The van der Waals surface area contributed by atoms with Crippen molar-refractivity contribution in [2.24, 2.45) is 5.16 Å². The van der Waals surface area contributed by atoms with E-state index in [0.29, 0.717) is 18.6 Å². The molecular formula is C9H13F3N2O. The Morgan fingerprint density at radius 1 is 1.27 bits per heavy atom. The minimum Gasteiger partial charge on any atom is -0.411 e. The molecule has 2 heterocycles. The van der Waals surface area contributed by atoms with E-state index >= 15 is 0 Å². The quantitative estimate of drug-likeness (QED) is 0.544. The first-order chi connectivity index (χ1) is 6.99. The molecule has 0 spiro atoms. The van der Waals surface area contributed by atoms with Crippen LogP contribution in [-0.4, -0.2) is 40.6 Å². The van der Waals surface area contributed by atoms with Gasteiger partial charge in [0.2, 0.25) is 0 Å². The van der Waals surface area contributed by atoms with Crippen molar-refractivity contribution in [1.29, 1.82) is 0 Å². The number of nitrogens with zero attached hydrogens (tertiary/aromatic N) is 2. The van der Waals surface area contributed by atoms with Crippen LogP contribution >= 0.6 is 0 Å². The molecule has 2 rings (SSSR count). The van der Waals surface area contributed by atoms with E-state index in [4.69, 9.17) is 5.21 Å². The Kier molecular flexibility index (Phi) is 2.62. The van der Waals surface area contributed by atoms with Crippen molar-refractivity contribution in [2.75, 3.05) is 6.54 Å². The molecule has 0 aromatic carbocycles. The summed E-state index contributed by atoms with van der Waals surface area (Å²) >= 11 is 0. The molecule has 2 saturated heterocycles. The van der Waals surface area contributed by atoms with Crippen molar-refractivity contribution in [3.8, 4) is 0 Å². The molecule has 2 aliphatic rings. The first-order valence-corrected chi connectivity index (χ1v) is 5.02. The zero-order chi connectivity index (χ0) is 11.1. The maximum atomic E-state index is 12.3. The highest BCUT2D eigenvalue weighted by molar-refractivity contribution is 5.86. The second-order valence-corrected chi connectivity index (χ2v) is 4.25. The minimum absolute atomic E-state index is 0.0868. The van der Waals surface area contributed by atoms with Crippen LogP contribution in [-0.2, 0) is 0 Å². The monoisotopic (exact) mass is 222 g/mol. The summed E-state index contributed by atoms with van der Waals surface area (Å²) in [6.07, 6.45) is -1.62. The third-order valence-electron chi connectivity index (χ3n) is 3.22. The van der Waals surface area contributed by atoms with Crippen molar-refractivity contribution >= 4 is 5.71 Å². The lowest BCUT2D eigenvalue weighted by atomic mass is 10.0. The molecule has 0 aromatic heterocycles. The molecule has 2 aliphatic heterocycles. The van der Waals surface area contributed by atoms with Crippen molar-refractivity contribution in [2.45, 2.75) is 43.9 Å². The van der Waals surface area contributed by atoms with E-state index in [9.17, 15) is 13.2 Å². The summed E-state index contributed by atoms with van der Waals surface area (Å²) in [4.78, 5) is 1.51. The predicted octanol–water partition coefficient (Wildman–Crippen LogP) is 2.01. The topological polar surface area (TPSA) is 35.8 Å². The third kappa shape index (κ3) is 2.25. The van der Waals surface area contributed by atoms with Gasteiger partial charge in [0.15, 0.2) is 0 Å². The number of fused-ring (bicyclic) bond motifs is 2. The largest absolute Gasteiger partial charge is 0.411 e. The van der Waals surface area contributed by atoms with Crippen LogP contribution in [0.3, 0.4) is 0 Å². The van der Waals surface area contributed by atoms with E-state index in [-0.39, 0.29) is 12.1 Å². The fourth-order valence-corrected chi connectivity index (χ4v) is 2.63. The zero-order valence-electron chi connectivity index (χ0n) is 8.17. The molecule has 2 bridgehead atoms. The molecule has 0 aromatic rings. The summed E-state index contributed by atoms with van der Waals surface area (Å²) < 4.78 is 36.8. The molecule has 2 fully saturated rings. The first kappa shape index (κ1) is 10.7. The fourth-order valence-electron chi connectivity index (χ4n) is 2.63. The Morgan fingerprint density at radius 3 is 2.20 bits per heavy atom. The van der Waals surface area contributed by atoms with Crippen LogP contribution in [0.2, 0.25) is 0 Å². The zero-order valence-corrected chi connectivity index (χ0v) is 8.17. The molecule has 6 heteroatoms.